The molecule has 102 valence electrons. The zero-order valence-corrected chi connectivity index (χ0v) is 12.8. The zero-order chi connectivity index (χ0) is 14.4. The summed E-state index contributed by atoms with van der Waals surface area (Å²) < 4.78 is 12.1. The van der Waals surface area contributed by atoms with Crippen LogP contribution in [-0.4, -0.2) is 18.3 Å². The van der Waals surface area contributed by atoms with Gasteiger partial charge in [-0.25, -0.2) is 0 Å². The summed E-state index contributed by atoms with van der Waals surface area (Å²) in [5.74, 6) is 0. The Labute approximate surface area is 117 Å². The van der Waals surface area contributed by atoms with E-state index in [4.69, 9.17) is 9.31 Å². The molecular weight excluding hydrogens is 235 g/mol. The number of hydrogen-bond donors (Lipinski definition) is 0. The lowest BCUT2D eigenvalue weighted by molar-refractivity contribution is 0.00578. The van der Waals surface area contributed by atoms with Gasteiger partial charge in [0.15, 0.2) is 0 Å². The summed E-state index contributed by atoms with van der Waals surface area (Å²) in [7, 11) is -0.371. The topological polar surface area (TPSA) is 18.5 Å². The van der Waals surface area contributed by atoms with Crippen molar-refractivity contribution in [2.24, 2.45) is 0 Å². The quantitative estimate of drug-likeness (QED) is 0.748. The molecule has 0 radical (unpaired) electrons. The van der Waals surface area contributed by atoms with Crippen molar-refractivity contribution in [3.63, 3.8) is 0 Å². The first-order chi connectivity index (χ1) is 8.66. The fraction of sp³-hybridized carbons (Fsp3) is 0.500. The summed E-state index contributed by atoms with van der Waals surface area (Å²) in [5.41, 5.74) is 3.84. The van der Waals surface area contributed by atoms with E-state index in [1.165, 1.54) is 11.1 Å². The first-order valence-corrected chi connectivity index (χ1v) is 6.77. The van der Waals surface area contributed by atoms with E-state index >= 15 is 0 Å². The van der Waals surface area contributed by atoms with Crippen LogP contribution in [0.5, 0.6) is 0 Å². The van der Waals surface area contributed by atoms with E-state index in [1.54, 1.807) is 0 Å². The van der Waals surface area contributed by atoms with Crippen molar-refractivity contribution >= 4 is 12.6 Å². The molecule has 0 spiro atoms. The lowest BCUT2D eigenvalue weighted by atomic mass is 9.73. The van der Waals surface area contributed by atoms with E-state index < -0.39 is 0 Å². The summed E-state index contributed by atoms with van der Waals surface area (Å²) in [6, 6.07) is 6.25. The van der Waals surface area contributed by atoms with Crippen molar-refractivity contribution in [1.29, 1.82) is 0 Å². The summed E-state index contributed by atoms with van der Waals surface area (Å²) >= 11 is 0. The molecule has 19 heavy (non-hydrogen) atoms. The minimum Gasteiger partial charge on any atom is -0.399 e. The molecule has 0 amide bonds. The van der Waals surface area contributed by atoms with Gasteiger partial charge in [-0.3, -0.25) is 0 Å². The predicted octanol–water partition coefficient (Wildman–Crippen LogP) is 3.95. The first-order valence-electron chi connectivity index (χ1n) is 6.77. The Morgan fingerprint density at radius 1 is 1.00 bits per heavy atom. The third-order valence-corrected chi connectivity index (χ3v) is 4.34. The molecule has 1 aliphatic rings. The Hall–Kier alpha value is -1.06. The molecule has 1 saturated heterocycles. The third-order valence-electron chi connectivity index (χ3n) is 4.34. The van der Waals surface area contributed by atoms with E-state index in [0.717, 1.165) is 11.0 Å². The molecule has 0 unspecified atom stereocenters. The Kier molecular flexibility index (Phi) is 3.40. The van der Waals surface area contributed by atoms with Gasteiger partial charge in [0, 0.05) is 0 Å². The molecule has 1 heterocycles. The average Bonchev–Trinajstić information content (AvgIpc) is 2.47. The standard InChI is InChI=1S/C16H23BO2/c1-11-9-8-10-12(2)14(11)13(3)17-18-15(4,5)16(6,7)19-17/h8-10H,3H2,1-2,4-7H3. The van der Waals surface area contributed by atoms with E-state index in [-0.39, 0.29) is 18.3 Å². The SMILES string of the molecule is C=C(B1OC(C)(C)C(C)(C)O1)c1c(C)cccc1C. The second-order valence-corrected chi connectivity index (χ2v) is 6.38. The number of benzene rings is 1. The molecule has 0 N–H and O–H groups in total. The zero-order valence-electron chi connectivity index (χ0n) is 12.8. The van der Waals surface area contributed by atoms with Gasteiger partial charge in [0.05, 0.1) is 11.2 Å². The van der Waals surface area contributed by atoms with Gasteiger partial charge in [0.2, 0.25) is 0 Å². The Bertz CT molecular complexity index is 481. The Morgan fingerprint density at radius 3 is 1.84 bits per heavy atom. The molecule has 1 aromatic carbocycles. The summed E-state index contributed by atoms with van der Waals surface area (Å²) in [5, 5.41) is 0. The number of rotatable bonds is 2. The van der Waals surface area contributed by atoms with E-state index in [1.807, 2.05) is 0 Å². The molecule has 0 saturated carbocycles. The summed E-state index contributed by atoms with van der Waals surface area (Å²) in [4.78, 5) is 0. The van der Waals surface area contributed by atoms with Crippen LogP contribution in [0.1, 0.15) is 44.4 Å². The maximum absolute atomic E-state index is 6.07. The molecule has 0 atom stereocenters. The molecule has 2 rings (SSSR count). The smallest absolute Gasteiger partial charge is 0.399 e. The molecule has 0 bridgehead atoms. The maximum Gasteiger partial charge on any atom is 0.494 e. The van der Waals surface area contributed by atoms with Crippen LogP contribution >= 0.6 is 0 Å². The van der Waals surface area contributed by atoms with Crippen LogP contribution in [0.15, 0.2) is 24.8 Å². The summed E-state index contributed by atoms with van der Waals surface area (Å²) in [6.45, 7) is 16.6. The van der Waals surface area contributed by atoms with Crippen molar-refractivity contribution in [3.05, 3.63) is 41.5 Å². The average molecular weight is 258 g/mol. The second kappa shape index (κ2) is 4.50. The Morgan fingerprint density at radius 2 is 1.42 bits per heavy atom. The van der Waals surface area contributed by atoms with Crippen LogP contribution in [0, 0.1) is 13.8 Å². The monoisotopic (exact) mass is 258 g/mol. The van der Waals surface area contributed by atoms with Gasteiger partial charge >= 0.3 is 7.12 Å². The molecule has 0 aromatic heterocycles. The largest absolute Gasteiger partial charge is 0.494 e. The van der Waals surface area contributed by atoms with Crippen LogP contribution < -0.4 is 0 Å². The van der Waals surface area contributed by atoms with Crippen LogP contribution in [-0.2, 0) is 9.31 Å². The van der Waals surface area contributed by atoms with Gasteiger partial charge in [-0.15, -0.1) is 0 Å². The van der Waals surface area contributed by atoms with Gasteiger partial charge in [-0.1, -0.05) is 24.8 Å². The number of aryl methyl sites for hydroxylation is 2. The van der Waals surface area contributed by atoms with Crippen LogP contribution in [0.4, 0.5) is 0 Å². The lowest BCUT2D eigenvalue weighted by Crippen LogP contribution is -2.41. The minimum absolute atomic E-state index is 0.322. The van der Waals surface area contributed by atoms with Crippen molar-refractivity contribution in [3.8, 4) is 0 Å². The highest BCUT2D eigenvalue weighted by atomic mass is 16.7. The molecule has 3 heteroatoms. The van der Waals surface area contributed by atoms with Gasteiger partial charge in [0.1, 0.15) is 0 Å². The Balaban J connectivity index is 2.33. The van der Waals surface area contributed by atoms with Crippen molar-refractivity contribution in [2.75, 3.05) is 0 Å². The van der Waals surface area contributed by atoms with Crippen molar-refractivity contribution in [2.45, 2.75) is 52.7 Å². The van der Waals surface area contributed by atoms with Crippen LogP contribution in [0.3, 0.4) is 0 Å². The third kappa shape index (κ3) is 2.37. The fourth-order valence-electron chi connectivity index (χ4n) is 2.42. The van der Waals surface area contributed by atoms with E-state index in [0.29, 0.717) is 0 Å². The maximum atomic E-state index is 6.07. The highest BCUT2D eigenvalue weighted by molar-refractivity contribution is 6.68. The first kappa shape index (κ1) is 14.4. The van der Waals surface area contributed by atoms with E-state index in [9.17, 15) is 0 Å². The van der Waals surface area contributed by atoms with Gasteiger partial charge in [-0.05, 0) is 63.7 Å². The van der Waals surface area contributed by atoms with Gasteiger partial charge < -0.3 is 9.31 Å². The fourth-order valence-corrected chi connectivity index (χ4v) is 2.42. The normalized spacial score (nSPS) is 20.6. The highest BCUT2D eigenvalue weighted by Crippen LogP contribution is 2.40. The summed E-state index contributed by atoms with van der Waals surface area (Å²) in [6.07, 6.45) is 0. The van der Waals surface area contributed by atoms with Crippen molar-refractivity contribution in [1.82, 2.24) is 0 Å². The molecule has 0 aliphatic carbocycles. The highest BCUT2D eigenvalue weighted by Gasteiger charge is 2.52. The van der Waals surface area contributed by atoms with Crippen molar-refractivity contribution < 1.29 is 9.31 Å². The molecule has 2 nitrogen and oxygen atoms in total. The van der Waals surface area contributed by atoms with Crippen LogP contribution in [0.2, 0.25) is 0 Å². The molecule has 1 fully saturated rings. The van der Waals surface area contributed by atoms with Gasteiger partial charge in [-0.2, -0.15) is 0 Å². The molecular formula is C16H23BO2. The molecule has 1 aliphatic heterocycles. The minimum atomic E-state index is -0.371. The molecule has 1 aromatic rings. The van der Waals surface area contributed by atoms with E-state index in [2.05, 4.69) is 66.3 Å². The van der Waals surface area contributed by atoms with Gasteiger partial charge in [0.25, 0.3) is 0 Å². The second-order valence-electron chi connectivity index (χ2n) is 6.38. The van der Waals surface area contributed by atoms with Crippen LogP contribution in [0.25, 0.3) is 5.47 Å². The lowest BCUT2D eigenvalue weighted by Gasteiger charge is -2.32. The number of hydrogen-bond acceptors (Lipinski definition) is 2. The predicted molar refractivity (Wildman–Crippen MR) is 81.0 cm³/mol.